The second-order valence-corrected chi connectivity index (χ2v) is 4.34. The predicted octanol–water partition coefficient (Wildman–Crippen LogP) is 2.43. The Kier molecular flexibility index (Phi) is 4.11. The maximum Gasteiger partial charge on any atom is 0.333 e. The minimum Gasteiger partial charge on any atom is -0.330 e. The molecule has 1 aliphatic heterocycles. The quantitative estimate of drug-likeness (QED) is 0.798. The van der Waals surface area contributed by atoms with Crippen LogP contribution in [0.4, 0.5) is 0 Å². The number of amides is 2. The Labute approximate surface area is 117 Å². The highest BCUT2D eigenvalue weighted by molar-refractivity contribution is 9.11. The number of carbonyl (C=O) groups is 3. The number of fused-ring (bicyclic) bond motifs is 1. The van der Waals surface area contributed by atoms with Crippen LogP contribution in [0, 0.1) is 0 Å². The van der Waals surface area contributed by atoms with Crippen molar-refractivity contribution in [3.63, 3.8) is 0 Å². The van der Waals surface area contributed by atoms with Gasteiger partial charge in [0.15, 0.2) is 0 Å². The van der Waals surface area contributed by atoms with Gasteiger partial charge in [-0.25, -0.2) is 4.79 Å². The molecule has 0 unspecified atom stereocenters. The first kappa shape index (κ1) is 13.5. The van der Waals surface area contributed by atoms with Crippen LogP contribution in [0.15, 0.2) is 35.3 Å². The number of carbonyl (C=O) groups excluding carboxylic acids is 3. The Bertz CT molecular complexity index is 533. The fourth-order valence-electron chi connectivity index (χ4n) is 1.66. The van der Waals surface area contributed by atoms with Crippen LogP contribution in [-0.2, 0) is 9.63 Å². The number of halogens is 1. The Hall–Kier alpha value is -1.95. The van der Waals surface area contributed by atoms with Crippen molar-refractivity contribution in [2.45, 2.75) is 12.8 Å². The molecule has 0 saturated heterocycles. The second kappa shape index (κ2) is 5.79. The molecule has 5 nitrogen and oxygen atoms in total. The van der Waals surface area contributed by atoms with Crippen molar-refractivity contribution in [1.82, 2.24) is 5.06 Å². The van der Waals surface area contributed by atoms with Gasteiger partial charge in [-0.3, -0.25) is 9.59 Å². The molecule has 2 amide bonds. The topological polar surface area (TPSA) is 63.7 Å². The average molecular weight is 324 g/mol. The van der Waals surface area contributed by atoms with Gasteiger partial charge in [-0.2, -0.15) is 0 Å². The van der Waals surface area contributed by atoms with Crippen LogP contribution in [0.1, 0.15) is 33.6 Å². The molecule has 0 fully saturated rings. The highest BCUT2D eigenvalue weighted by atomic mass is 79.9. The predicted molar refractivity (Wildman–Crippen MR) is 70.3 cm³/mol. The molecule has 0 bridgehead atoms. The van der Waals surface area contributed by atoms with Gasteiger partial charge in [-0.1, -0.05) is 39.2 Å². The molecular formula is C13H10BrNO4. The second-order valence-electron chi connectivity index (χ2n) is 3.81. The number of imide groups is 1. The summed E-state index contributed by atoms with van der Waals surface area (Å²) in [5.74, 6) is -1.84. The molecule has 0 saturated carbocycles. The lowest BCUT2D eigenvalue weighted by Gasteiger charge is -2.12. The molecule has 6 heteroatoms. The Morgan fingerprint density at radius 3 is 2.32 bits per heavy atom. The van der Waals surface area contributed by atoms with Gasteiger partial charge in [-0.15, -0.1) is 0 Å². The number of rotatable bonds is 4. The number of hydrogen-bond acceptors (Lipinski definition) is 4. The standard InChI is InChI=1S/C13H10BrNO4/c14-8-4-3-7-11(16)19-15-12(17)9-5-1-2-6-10(9)13(15)18/h1-2,4-6,8H,3,7H2/b8-4+. The lowest BCUT2D eigenvalue weighted by molar-refractivity contribution is -0.168. The van der Waals surface area contributed by atoms with E-state index in [4.69, 9.17) is 4.84 Å². The minimum absolute atomic E-state index is 0.0928. The van der Waals surface area contributed by atoms with Gasteiger partial charge in [0.1, 0.15) is 0 Å². The molecule has 0 radical (unpaired) electrons. The Balaban J connectivity index is 2.06. The normalized spacial score (nSPS) is 14.1. The third-order valence-corrected chi connectivity index (χ3v) is 2.93. The van der Waals surface area contributed by atoms with Crippen LogP contribution in [0.2, 0.25) is 0 Å². The monoisotopic (exact) mass is 323 g/mol. The minimum atomic E-state index is -0.625. The summed E-state index contributed by atoms with van der Waals surface area (Å²) in [5, 5.41) is 0.519. The van der Waals surface area contributed by atoms with Gasteiger partial charge in [0.2, 0.25) is 0 Å². The van der Waals surface area contributed by atoms with Crippen molar-refractivity contribution in [1.29, 1.82) is 0 Å². The molecule has 0 aliphatic carbocycles. The van der Waals surface area contributed by atoms with Crippen molar-refractivity contribution in [3.05, 3.63) is 46.5 Å². The number of allylic oxidation sites excluding steroid dienone is 1. The van der Waals surface area contributed by atoms with E-state index in [9.17, 15) is 14.4 Å². The molecule has 2 rings (SSSR count). The highest BCUT2D eigenvalue weighted by Crippen LogP contribution is 2.22. The first-order chi connectivity index (χ1) is 9.15. The number of hydrogen-bond donors (Lipinski definition) is 0. The van der Waals surface area contributed by atoms with Gasteiger partial charge in [0.05, 0.1) is 17.5 Å². The highest BCUT2D eigenvalue weighted by Gasteiger charge is 2.38. The molecule has 0 aromatic heterocycles. The molecule has 19 heavy (non-hydrogen) atoms. The van der Waals surface area contributed by atoms with Crippen LogP contribution in [-0.4, -0.2) is 22.8 Å². The van der Waals surface area contributed by atoms with E-state index in [0.29, 0.717) is 11.5 Å². The van der Waals surface area contributed by atoms with E-state index in [1.807, 2.05) is 0 Å². The summed E-state index contributed by atoms with van der Waals surface area (Å²) in [6.45, 7) is 0. The summed E-state index contributed by atoms with van der Waals surface area (Å²) in [4.78, 5) is 41.7. The lowest BCUT2D eigenvalue weighted by atomic mass is 10.1. The van der Waals surface area contributed by atoms with E-state index in [1.165, 1.54) is 12.1 Å². The fourth-order valence-corrected chi connectivity index (χ4v) is 1.93. The van der Waals surface area contributed by atoms with Crippen LogP contribution < -0.4 is 0 Å². The van der Waals surface area contributed by atoms with Crippen molar-refractivity contribution in [2.24, 2.45) is 0 Å². The largest absolute Gasteiger partial charge is 0.333 e. The van der Waals surface area contributed by atoms with E-state index in [0.717, 1.165) is 0 Å². The third-order valence-electron chi connectivity index (χ3n) is 2.55. The Morgan fingerprint density at radius 1 is 1.21 bits per heavy atom. The third kappa shape index (κ3) is 2.73. The van der Waals surface area contributed by atoms with Gasteiger partial charge in [0.25, 0.3) is 11.8 Å². The summed E-state index contributed by atoms with van der Waals surface area (Å²) in [5.41, 5.74) is 0.501. The number of nitrogens with zero attached hydrogens (tertiary/aromatic N) is 1. The summed E-state index contributed by atoms with van der Waals surface area (Å²) in [6, 6.07) is 6.35. The first-order valence-corrected chi connectivity index (χ1v) is 6.50. The van der Waals surface area contributed by atoms with E-state index >= 15 is 0 Å². The molecule has 1 aromatic carbocycles. The van der Waals surface area contributed by atoms with Gasteiger partial charge < -0.3 is 4.84 Å². The summed E-state index contributed by atoms with van der Waals surface area (Å²) >= 11 is 3.07. The molecule has 1 heterocycles. The lowest BCUT2D eigenvalue weighted by Crippen LogP contribution is -2.32. The van der Waals surface area contributed by atoms with Crippen LogP contribution in [0.5, 0.6) is 0 Å². The van der Waals surface area contributed by atoms with Gasteiger partial charge >= 0.3 is 5.97 Å². The fraction of sp³-hybridized carbons (Fsp3) is 0.154. The van der Waals surface area contributed by atoms with Crippen molar-refractivity contribution < 1.29 is 19.2 Å². The van der Waals surface area contributed by atoms with Crippen LogP contribution >= 0.6 is 15.9 Å². The van der Waals surface area contributed by atoms with E-state index < -0.39 is 17.8 Å². The summed E-state index contributed by atoms with van der Waals surface area (Å²) in [6.07, 6.45) is 2.28. The molecule has 1 aromatic rings. The van der Waals surface area contributed by atoms with Crippen molar-refractivity contribution >= 4 is 33.7 Å². The smallest absolute Gasteiger partial charge is 0.330 e. The summed E-state index contributed by atoms with van der Waals surface area (Å²) < 4.78 is 0. The molecule has 98 valence electrons. The van der Waals surface area contributed by atoms with Crippen LogP contribution in [0.25, 0.3) is 0 Å². The van der Waals surface area contributed by atoms with E-state index in [2.05, 4.69) is 15.9 Å². The summed E-state index contributed by atoms with van der Waals surface area (Å²) in [7, 11) is 0. The SMILES string of the molecule is O=C(CC/C=C/Br)ON1C(=O)c2ccccc2C1=O. The zero-order valence-corrected chi connectivity index (χ0v) is 11.4. The number of benzene rings is 1. The molecule has 0 atom stereocenters. The Morgan fingerprint density at radius 2 is 1.79 bits per heavy atom. The number of hydroxylamine groups is 2. The molecule has 1 aliphatic rings. The maximum atomic E-state index is 11.9. The average Bonchev–Trinajstić information content (AvgIpc) is 2.65. The van der Waals surface area contributed by atoms with Crippen molar-refractivity contribution in [3.8, 4) is 0 Å². The van der Waals surface area contributed by atoms with Crippen molar-refractivity contribution in [2.75, 3.05) is 0 Å². The zero-order chi connectivity index (χ0) is 13.8. The molecule has 0 N–H and O–H groups in total. The first-order valence-electron chi connectivity index (χ1n) is 5.59. The van der Waals surface area contributed by atoms with E-state index in [-0.39, 0.29) is 17.5 Å². The maximum absolute atomic E-state index is 11.9. The zero-order valence-electron chi connectivity index (χ0n) is 9.84. The molecule has 0 spiro atoms. The molecular weight excluding hydrogens is 314 g/mol. The van der Waals surface area contributed by atoms with Gasteiger partial charge in [0, 0.05) is 0 Å². The van der Waals surface area contributed by atoms with Gasteiger partial charge in [-0.05, 0) is 23.5 Å². The van der Waals surface area contributed by atoms with Crippen LogP contribution in [0.3, 0.4) is 0 Å². The van der Waals surface area contributed by atoms with E-state index in [1.54, 1.807) is 23.2 Å².